The summed E-state index contributed by atoms with van der Waals surface area (Å²) in [5.74, 6) is -0.186. The number of hydrogen-bond acceptors (Lipinski definition) is 3. The zero-order chi connectivity index (χ0) is 16.2. The number of imidazole rings is 1. The van der Waals surface area contributed by atoms with Crippen molar-refractivity contribution in [3.05, 3.63) is 66.0 Å². The van der Waals surface area contributed by atoms with Crippen LogP contribution in [-0.4, -0.2) is 21.3 Å². The number of ether oxygens (including phenoxy) is 1. The molecule has 0 spiro atoms. The third kappa shape index (κ3) is 3.63. The summed E-state index contributed by atoms with van der Waals surface area (Å²) in [6.45, 7) is 1.14. The first kappa shape index (κ1) is 15.4. The van der Waals surface area contributed by atoms with E-state index in [0.717, 1.165) is 6.07 Å². The molecule has 1 N–H and O–H groups in total. The molecular formula is C17H14ClFN2O2. The van der Waals surface area contributed by atoms with Crippen molar-refractivity contribution in [2.75, 3.05) is 6.61 Å². The van der Waals surface area contributed by atoms with Crippen molar-refractivity contribution in [1.82, 2.24) is 9.55 Å². The molecule has 118 valence electrons. The minimum absolute atomic E-state index is 0.104. The minimum atomic E-state index is -0.539. The molecule has 6 heteroatoms. The van der Waals surface area contributed by atoms with Crippen molar-refractivity contribution in [2.45, 2.75) is 6.54 Å². The van der Waals surface area contributed by atoms with Crippen LogP contribution in [0.3, 0.4) is 0 Å². The van der Waals surface area contributed by atoms with Gasteiger partial charge in [0.25, 0.3) is 0 Å². The Balaban J connectivity index is 1.76. The van der Waals surface area contributed by atoms with Gasteiger partial charge in [-0.3, -0.25) is 0 Å². The number of aromatic hydroxyl groups is 1. The number of hydrogen-bond donors (Lipinski definition) is 1. The maximum Gasteiger partial charge on any atom is 0.137 e. The van der Waals surface area contributed by atoms with Crippen LogP contribution in [0.15, 0.2) is 55.1 Å². The zero-order valence-corrected chi connectivity index (χ0v) is 12.9. The third-order valence-corrected chi connectivity index (χ3v) is 3.66. The molecular weight excluding hydrogens is 319 g/mol. The van der Waals surface area contributed by atoms with Gasteiger partial charge >= 0.3 is 0 Å². The molecule has 0 bridgehead atoms. The summed E-state index contributed by atoms with van der Waals surface area (Å²) in [6.07, 6.45) is 5.28. The number of nitrogens with zero attached hydrogens (tertiary/aromatic N) is 2. The predicted molar refractivity (Wildman–Crippen MR) is 86.2 cm³/mol. The maximum atomic E-state index is 14.0. The molecule has 23 heavy (non-hydrogen) atoms. The molecule has 0 fully saturated rings. The number of benzene rings is 2. The third-order valence-electron chi connectivity index (χ3n) is 3.36. The number of halogens is 2. The molecule has 1 heterocycles. The Morgan fingerprint density at radius 1 is 1.26 bits per heavy atom. The lowest BCUT2D eigenvalue weighted by Crippen LogP contribution is -2.06. The van der Waals surface area contributed by atoms with E-state index in [1.54, 1.807) is 36.8 Å². The highest BCUT2D eigenvalue weighted by Gasteiger charge is 2.10. The van der Waals surface area contributed by atoms with E-state index in [1.807, 2.05) is 10.8 Å². The Hall–Kier alpha value is -2.53. The normalized spacial score (nSPS) is 10.7. The summed E-state index contributed by atoms with van der Waals surface area (Å²) < 4.78 is 21.6. The smallest absolute Gasteiger partial charge is 0.137 e. The van der Waals surface area contributed by atoms with Gasteiger partial charge in [0, 0.05) is 24.0 Å². The van der Waals surface area contributed by atoms with Crippen LogP contribution >= 0.6 is 11.6 Å². The molecule has 0 radical (unpaired) electrons. The van der Waals surface area contributed by atoms with Gasteiger partial charge < -0.3 is 14.4 Å². The first-order chi connectivity index (χ1) is 11.1. The van der Waals surface area contributed by atoms with Gasteiger partial charge in [0.1, 0.15) is 23.9 Å². The molecule has 0 saturated heterocycles. The van der Waals surface area contributed by atoms with E-state index in [1.165, 1.54) is 6.07 Å². The van der Waals surface area contributed by atoms with E-state index in [2.05, 4.69) is 4.98 Å². The van der Waals surface area contributed by atoms with Crippen molar-refractivity contribution in [3.8, 4) is 22.6 Å². The molecule has 0 atom stereocenters. The lowest BCUT2D eigenvalue weighted by Gasteiger charge is -2.10. The van der Waals surface area contributed by atoms with Crippen molar-refractivity contribution >= 4 is 11.6 Å². The van der Waals surface area contributed by atoms with E-state index in [9.17, 15) is 9.50 Å². The minimum Gasteiger partial charge on any atom is -0.506 e. The highest BCUT2D eigenvalue weighted by Crippen LogP contribution is 2.33. The highest BCUT2D eigenvalue weighted by molar-refractivity contribution is 6.32. The summed E-state index contributed by atoms with van der Waals surface area (Å²) in [5, 5.41) is 9.53. The van der Waals surface area contributed by atoms with Gasteiger partial charge in [-0.25, -0.2) is 9.37 Å². The molecule has 1 aromatic heterocycles. The van der Waals surface area contributed by atoms with E-state index in [4.69, 9.17) is 16.3 Å². The molecule has 4 nitrogen and oxygen atoms in total. The quantitative estimate of drug-likeness (QED) is 0.764. The molecule has 0 aliphatic carbocycles. The monoisotopic (exact) mass is 332 g/mol. The zero-order valence-electron chi connectivity index (χ0n) is 12.1. The van der Waals surface area contributed by atoms with Gasteiger partial charge in [-0.2, -0.15) is 0 Å². The first-order valence-electron chi connectivity index (χ1n) is 7.00. The van der Waals surface area contributed by atoms with Gasteiger partial charge in [0.2, 0.25) is 0 Å². The molecule has 3 rings (SSSR count). The summed E-state index contributed by atoms with van der Waals surface area (Å²) in [7, 11) is 0. The van der Waals surface area contributed by atoms with Crippen LogP contribution in [0, 0.1) is 5.82 Å². The average Bonchev–Trinajstić information content (AvgIpc) is 3.04. The van der Waals surface area contributed by atoms with Crippen LogP contribution in [-0.2, 0) is 6.54 Å². The second kappa shape index (κ2) is 6.71. The lowest BCUT2D eigenvalue weighted by molar-refractivity contribution is 0.298. The summed E-state index contributed by atoms with van der Waals surface area (Å²) in [6, 6.07) is 9.48. The van der Waals surface area contributed by atoms with Crippen molar-refractivity contribution in [2.24, 2.45) is 0 Å². The van der Waals surface area contributed by atoms with Gasteiger partial charge in [-0.1, -0.05) is 23.7 Å². The van der Waals surface area contributed by atoms with E-state index < -0.39 is 5.82 Å². The lowest BCUT2D eigenvalue weighted by atomic mass is 10.0. The Morgan fingerprint density at radius 2 is 2.13 bits per heavy atom. The van der Waals surface area contributed by atoms with Gasteiger partial charge in [-0.05, 0) is 23.8 Å². The van der Waals surface area contributed by atoms with Crippen LogP contribution in [0.4, 0.5) is 4.39 Å². The second-order valence-electron chi connectivity index (χ2n) is 4.96. The van der Waals surface area contributed by atoms with Crippen LogP contribution in [0.25, 0.3) is 11.1 Å². The molecule has 0 aliphatic heterocycles. The average molecular weight is 333 g/mol. The molecule has 0 aliphatic rings. The standard InChI is InChI=1S/C17H14ClFN2O2/c18-15-9-14(16(19)10-17(15)22)12-2-1-3-13(8-12)23-7-6-21-5-4-20-11-21/h1-5,8-11,22H,6-7H2. The van der Waals surface area contributed by atoms with Gasteiger partial charge in [0.05, 0.1) is 17.9 Å². The molecule has 0 saturated carbocycles. The number of rotatable bonds is 5. The topological polar surface area (TPSA) is 47.3 Å². The fourth-order valence-electron chi connectivity index (χ4n) is 2.20. The number of aromatic nitrogens is 2. The Labute approximate surface area is 137 Å². The van der Waals surface area contributed by atoms with Crippen molar-refractivity contribution < 1.29 is 14.2 Å². The Morgan fingerprint density at radius 3 is 2.91 bits per heavy atom. The van der Waals surface area contributed by atoms with Crippen molar-refractivity contribution in [3.63, 3.8) is 0 Å². The largest absolute Gasteiger partial charge is 0.506 e. The summed E-state index contributed by atoms with van der Waals surface area (Å²) in [5.41, 5.74) is 0.942. The molecule has 0 unspecified atom stereocenters. The van der Waals surface area contributed by atoms with Gasteiger partial charge in [-0.15, -0.1) is 0 Å². The SMILES string of the molecule is Oc1cc(F)c(-c2cccc(OCCn3ccnc3)c2)cc1Cl. The Kier molecular flexibility index (Phi) is 4.48. The number of phenolic OH excluding ortho intramolecular Hbond substituents is 1. The highest BCUT2D eigenvalue weighted by atomic mass is 35.5. The van der Waals surface area contributed by atoms with E-state index in [0.29, 0.717) is 30.0 Å². The maximum absolute atomic E-state index is 14.0. The second-order valence-corrected chi connectivity index (χ2v) is 5.37. The van der Waals surface area contributed by atoms with Gasteiger partial charge in [0.15, 0.2) is 0 Å². The summed E-state index contributed by atoms with van der Waals surface area (Å²) >= 11 is 5.86. The van der Waals surface area contributed by atoms with Crippen LogP contribution < -0.4 is 4.74 Å². The predicted octanol–water partition coefficient (Wildman–Crippen LogP) is 4.13. The summed E-state index contributed by atoms with van der Waals surface area (Å²) in [4.78, 5) is 3.96. The first-order valence-corrected chi connectivity index (χ1v) is 7.38. The number of phenols is 1. The fraction of sp³-hybridized carbons (Fsp3) is 0.118. The van der Waals surface area contributed by atoms with Crippen LogP contribution in [0.1, 0.15) is 0 Å². The molecule has 3 aromatic rings. The van der Waals surface area contributed by atoms with E-state index >= 15 is 0 Å². The fourth-order valence-corrected chi connectivity index (χ4v) is 2.36. The van der Waals surface area contributed by atoms with Crippen LogP contribution in [0.5, 0.6) is 11.5 Å². The van der Waals surface area contributed by atoms with E-state index in [-0.39, 0.29) is 10.8 Å². The Bertz CT molecular complexity index is 806. The molecule has 0 amide bonds. The molecule has 2 aromatic carbocycles. The van der Waals surface area contributed by atoms with Crippen molar-refractivity contribution in [1.29, 1.82) is 0 Å². The van der Waals surface area contributed by atoms with Crippen LogP contribution in [0.2, 0.25) is 5.02 Å².